The number of aryl methyl sites for hydroxylation is 1. The van der Waals surface area contributed by atoms with Gasteiger partial charge >= 0.3 is 11.7 Å². The Morgan fingerprint density at radius 2 is 1.93 bits per heavy atom. The van der Waals surface area contributed by atoms with Crippen LogP contribution in [0.15, 0.2) is 39.0 Å². The minimum atomic E-state index is -1.07. The number of aromatic nitrogens is 4. The first-order chi connectivity index (χ1) is 14.3. The molecule has 1 unspecified atom stereocenters. The lowest BCUT2D eigenvalue weighted by molar-refractivity contribution is -0.133. The first kappa shape index (κ1) is 21.5. The molecule has 0 aliphatic rings. The van der Waals surface area contributed by atoms with Gasteiger partial charge in [-0.2, -0.15) is 0 Å². The third kappa shape index (κ3) is 4.66. The van der Waals surface area contributed by atoms with Gasteiger partial charge in [-0.1, -0.05) is 11.8 Å². The second-order valence-corrected chi connectivity index (χ2v) is 7.26. The van der Waals surface area contributed by atoms with Gasteiger partial charge in [0.25, 0.3) is 5.56 Å². The molecule has 2 aromatic heterocycles. The van der Waals surface area contributed by atoms with E-state index in [4.69, 9.17) is 14.6 Å². The predicted octanol–water partition coefficient (Wildman–Crippen LogP) is 0.0485. The first-order valence-corrected chi connectivity index (χ1v) is 9.77. The van der Waals surface area contributed by atoms with Crippen molar-refractivity contribution in [3.8, 4) is 11.5 Å². The van der Waals surface area contributed by atoms with Crippen molar-refractivity contribution in [2.24, 2.45) is 7.05 Å². The molecule has 0 fully saturated rings. The summed E-state index contributed by atoms with van der Waals surface area (Å²) in [5.74, 6) is -0.179. The predicted molar refractivity (Wildman–Crippen MR) is 108 cm³/mol. The van der Waals surface area contributed by atoms with Crippen molar-refractivity contribution in [2.75, 3.05) is 19.5 Å². The van der Waals surface area contributed by atoms with E-state index in [1.54, 1.807) is 31.4 Å². The number of carboxylic acid groups (broad SMARTS) is 1. The van der Waals surface area contributed by atoms with Crippen molar-refractivity contribution >= 4 is 28.9 Å². The zero-order valence-electron chi connectivity index (χ0n) is 16.2. The van der Waals surface area contributed by atoms with Gasteiger partial charge in [-0.25, -0.2) is 9.78 Å². The summed E-state index contributed by atoms with van der Waals surface area (Å²) < 4.78 is 13.2. The topological polar surface area (TPSA) is 149 Å². The van der Waals surface area contributed by atoms with Crippen LogP contribution in [0.2, 0.25) is 0 Å². The quantitative estimate of drug-likeness (QED) is 0.396. The Bertz CT molecular complexity index is 1170. The number of ether oxygens (including phenoxy) is 2. The summed E-state index contributed by atoms with van der Waals surface area (Å²) in [6, 6.07) is 6.80. The van der Waals surface area contributed by atoms with Gasteiger partial charge in [0.1, 0.15) is 24.2 Å². The van der Waals surface area contributed by atoms with E-state index < -0.39 is 23.3 Å². The lowest BCUT2D eigenvalue weighted by atomic mass is 10.3. The van der Waals surface area contributed by atoms with Crippen molar-refractivity contribution in [3.63, 3.8) is 0 Å². The number of aliphatic hydroxyl groups is 1. The summed E-state index contributed by atoms with van der Waals surface area (Å²) in [6.07, 6.45) is -1.04. The monoisotopic (exact) mass is 436 g/mol. The van der Waals surface area contributed by atoms with Crippen LogP contribution in [-0.2, 0) is 18.4 Å². The number of fused-ring (bicyclic) bond motifs is 1. The largest absolute Gasteiger partial charge is 0.497 e. The normalized spacial score (nSPS) is 12.1. The molecule has 0 amide bonds. The molecular formula is C18H20N4O7S. The highest BCUT2D eigenvalue weighted by Crippen LogP contribution is 2.22. The van der Waals surface area contributed by atoms with Gasteiger partial charge in [0.2, 0.25) is 0 Å². The second kappa shape index (κ2) is 9.05. The standard InChI is InChI=1S/C18H20N4O7S/c1-21-15-14(16(26)20-17(21)27)22(18(19-15)30-9-13(24)25)7-10(23)8-29-12-5-3-11(28-2)4-6-12/h3-6,10,23H,7-9H2,1-2H3,(H,24,25)(H,20,26,27). The summed E-state index contributed by atoms with van der Waals surface area (Å²) in [6.45, 7) is -0.172. The summed E-state index contributed by atoms with van der Waals surface area (Å²) in [4.78, 5) is 41.6. The van der Waals surface area contributed by atoms with Crippen LogP contribution in [0.1, 0.15) is 0 Å². The molecular weight excluding hydrogens is 416 g/mol. The van der Waals surface area contributed by atoms with Crippen molar-refractivity contribution in [2.45, 2.75) is 17.8 Å². The number of aromatic amines is 1. The third-order valence-electron chi connectivity index (χ3n) is 4.19. The third-order valence-corrected chi connectivity index (χ3v) is 5.15. The van der Waals surface area contributed by atoms with E-state index in [1.807, 2.05) is 0 Å². The SMILES string of the molecule is COc1ccc(OCC(O)Cn2c(SCC(=O)O)nc3c2c(=O)[nH]c(=O)n3C)cc1. The van der Waals surface area contributed by atoms with Crippen LogP contribution >= 0.6 is 11.8 Å². The first-order valence-electron chi connectivity index (χ1n) is 8.79. The lowest BCUT2D eigenvalue weighted by Gasteiger charge is -2.15. The van der Waals surface area contributed by atoms with Crippen molar-refractivity contribution < 1.29 is 24.5 Å². The number of nitrogens with zero attached hydrogens (tertiary/aromatic N) is 3. The van der Waals surface area contributed by atoms with Gasteiger partial charge in [-0.05, 0) is 24.3 Å². The van der Waals surface area contributed by atoms with E-state index in [9.17, 15) is 19.5 Å². The number of thioether (sulfide) groups is 1. The molecule has 160 valence electrons. The summed E-state index contributed by atoms with van der Waals surface area (Å²) in [7, 11) is 2.99. The van der Waals surface area contributed by atoms with Crippen LogP contribution in [0, 0.1) is 0 Å². The average Bonchev–Trinajstić information content (AvgIpc) is 3.08. The number of hydrogen-bond donors (Lipinski definition) is 3. The lowest BCUT2D eigenvalue weighted by Crippen LogP contribution is -2.30. The fourth-order valence-electron chi connectivity index (χ4n) is 2.75. The maximum atomic E-state index is 12.4. The van der Waals surface area contributed by atoms with Gasteiger partial charge in [-0.3, -0.25) is 19.1 Å². The number of carboxylic acids is 1. The van der Waals surface area contributed by atoms with E-state index in [0.29, 0.717) is 11.5 Å². The number of aliphatic hydroxyl groups excluding tert-OH is 1. The Labute approximate surface area is 173 Å². The van der Waals surface area contributed by atoms with Crippen molar-refractivity contribution in [1.82, 2.24) is 19.1 Å². The smallest absolute Gasteiger partial charge is 0.329 e. The molecule has 1 aromatic carbocycles. The molecule has 0 saturated carbocycles. The van der Waals surface area contributed by atoms with Crippen molar-refractivity contribution in [1.29, 1.82) is 0 Å². The van der Waals surface area contributed by atoms with Crippen LogP contribution < -0.4 is 20.7 Å². The van der Waals surface area contributed by atoms with Crippen LogP contribution in [0.3, 0.4) is 0 Å². The van der Waals surface area contributed by atoms with E-state index in [1.165, 1.54) is 11.6 Å². The molecule has 12 heteroatoms. The number of aliphatic carboxylic acids is 1. The maximum absolute atomic E-state index is 12.4. The minimum absolute atomic E-state index is 0.0634. The molecule has 0 bridgehead atoms. The van der Waals surface area contributed by atoms with E-state index in [2.05, 4.69) is 9.97 Å². The number of H-pyrrole nitrogens is 1. The van der Waals surface area contributed by atoms with Gasteiger partial charge in [0, 0.05) is 7.05 Å². The molecule has 0 saturated heterocycles. The van der Waals surface area contributed by atoms with Crippen LogP contribution in [0.4, 0.5) is 0 Å². The van der Waals surface area contributed by atoms with Crippen LogP contribution in [0.25, 0.3) is 11.2 Å². The number of carbonyl (C=O) groups is 1. The molecule has 0 aliphatic carbocycles. The molecule has 1 atom stereocenters. The van der Waals surface area contributed by atoms with Crippen LogP contribution in [-0.4, -0.2) is 60.9 Å². The number of benzene rings is 1. The molecule has 2 heterocycles. The Hall–Kier alpha value is -3.25. The minimum Gasteiger partial charge on any atom is -0.497 e. The Morgan fingerprint density at radius 3 is 2.57 bits per heavy atom. The maximum Gasteiger partial charge on any atom is 0.329 e. The summed E-state index contributed by atoms with van der Waals surface area (Å²) >= 11 is 0.883. The summed E-state index contributed by atoms with van der Waals surface area (Å²) in [5.41, 5.74) is -1.16. The Balaban J connectivity index is 1.85. The Morgan fingerprint density at radius 1 is 1.27 bits per heavy atom. The molecule has 0 spiro atoms. The molecule has 3 N–H and O–H groups in total. The Kier molecular flexibility index (Phi) is 6.47. The highest BCUT2D eigenvalue weighted by molar-refractivity contribution is 7.99. The van der Waals surface area contributed by atoms with Crippen LogP contribution in [0.5, 0.6) is 11.5 Å². The molecule has 3 aromatic rings. The van der Waals surface area contributed by atoms with E-state index >= 15 is 0 Å². The second-order valence-electron chi connectivity index (χ2n) is 6.32. The van der Waals surface area contributed by atoms with E-state index in [0.717, 1.165) is 16.3 Å². The molecule has 30 heavy (non-hydrogen) atoms. The van der Waals surface area contributed by atoms with Crippen molar-refractivity contribution in [3.05, 3.63) is 45.1 Å². The van der Waals surface area contributed by atoms with Gasteiger partial charge in [0.15, 0.2) is 16.3 Å². The molecule has 3 rings (SSSR count). The molecule has 0 radical (unpaired) electrons. The number of rotatable bonds is 9. The number of nitrogens with one attached hydrogen (secondary N) is 1. The summed E-state index contributed by atoms with van der Waals surface area (Å²) in [5, 5.41) is 19.6. The molecule has 11 nitrogen and oxygen atoms in total. The number of methoxy groups -OCH3 is 1. The average molecular weight is 436 g/mol. The van der Waals surface area contributed by atoms with E-state index in [-0.39, 0.29) is 35.2 Å². The highest BCUT2D eigenvalue weighted by atomic mass is 32.2. The molecule has 0 aliphatic heterocycles. The fourth-order valence-corrected chi connectivity index (χ4v) is 3.47. The zero-order valence-corrected chi connectivity index (χ0v) is 17.0. The number of hydrogen-bond acceptors (Lipinski definition) is 8. The zero-order chi connectivity index (χ0) is 21.8. The van der Waals surface area contributed by atoms with Gasteiger partial charge in [-0.15, -0.1) is 0 Å². The van der Waals surface area contributed by atoms with Gasteiger partial charge in [0.05, 0.1) is 19.4 Å². The fraction of sp³-hybridized carbons (Fsp3) is 0.333. The van der Waals surface area contributed by atoms with Gasteiger partial charge < -0.3 is 24.3 Å². The highest BCUT2D eigenvalue weighted by Gasteiger charge is 2.20. The number of imidazole rings is 1.